The van der Waals surface area contributed by atoms with Crippen LogP contribution in [0.1, 0.15) is 38.2 Å². The maximum Gasteiger partial charge on any atom is 0.120 e. The van der Waals surface area contributed by atoms with Crippen LogP contribution in [0.25, 0.3) is 0 Å². The molecule has 0 bridgehead atoms. The first-order valence-electron chi connectivity index (χ1n) is 6.98. The minimum absolute atomic E-state index is 0.356. The van der Waals surface area contributed by atoms with Crippen LogP contribution in [0, 0.1) is 12.8 Å². The zero-order valence-corrected chi connectivity index (χ0v) is 11.8. The smallest absolute Gasteiger partial charge is 0.120 e. The van der Waals surface area contributed by atoms with Crippen molar-refractivity contribution in [3.05, 3.63) is 17.7 Å². The second kappa shape index (κ2) is 6.34. The van der Waals surface area contributed by atoms with Crippen molar-refractivity contribution in [3.63, 3.8) is 0 Å². The molecule has 2 heterocycles. The van der Waals surface area contributed by atoms with E-state index in [4.69, 9.17) is 4.74 Å². The quantitative estimate of drug-likeness (QED) is 0.873. The molecule has 0 aromatic carbocycles. The fourth-order valence-electron chi connectivity index (χ4n) is 2.40. The molecule has 1 fully saturated rings. The number of piperidine rings is 1. The fraction of sp³-hybridized carbons (Fsp3) is 0.786. The molecule has 1 aliphatic heterocycles. The van der Waals surface area contributed by atoms with Crippen molar-refractivity contribution in [2.24, 2.45) is 5.92 Å². The highest BCUT2D eigenvalue weighted by atomic mass is 16.5. The van der Waals surface area contributed by atoms with Crippen LogP contribution in [0.2, 0.25) is 0 Å². The predicted molar refractivity (Wildman–Crippen MR) is 72.4 cm³/mol. The molecule has 0 unspecified atom stereocenters. The van der Waals surface area contributed by atoms with Gasteiger partial charge in [-0.25, -0.2) is 4.98 Å². The van der Waals surface area contributed by atoms with Gasteiger partial charge in [0.05, 0.1) is 12.6 Å². The number of imidazole rings is 1. The van der Waals surface area contributed by atoms with E-state index in [1.54, 1.807) is 0 Å². The summed E-state index contributed by atoms with van der Waals surface area (Å²) >= 11 is 0. The molecule has 102 valence electrons. The van der Waals surface area contributed by atoms with E-state index in [2.05, 4.69) is 28.7 Å². The predicted octanol–water partition coefficient (Wildman–Crippen LogP) is 2.36. The van der Waals surface area contributed by atoms with E-state index in [0.29, 0.717) is 6.10 Å². The number of aryl methyl sites for hydroxylation is 1. The van der Waals surface area contributed by atoms with Crippen LogP contribution in [-0.4, -0.2) is 40.7 Å². The van der Waals surface area contributed by atoms with Gasteiger partial charge in [-0.05, 0) is 52.6 Å². The highest BCUT2D eigenvalue weighted by Crippen LogP contribution is 2.19. The van der Waals surface area contributed by atoms with E-state index in [-0.39, 0.29) is 0 Å². The van der Waals surface area contributed by atoms with Crippen molar-refractivity contribution >= 4 is 0 Å². The molecule has 4 heteroatoms. The van der Waals surface area contributed by atoms with Crippen LogP contribution < -0.4 is 0 Å². The van der Waals surface area contributed by atoms with Gasteiger partial charge >= 0.3 is 0 Å². The van der Waals surface area contributed by atoms with Gasteiger partial charge in [0.2, 0.25) is 0 Å². The topological polar surface area (TPSA) is 41.2 Å². The lowest BCUT2D eigenvalue weighted by atomic mass is 9.98. The molecule has 1 aliphatic rings. The number of nitrogens with zero attached hydrogens (tertiary/aromatic N) is 2. The summed E-state index contributed by atoms with van der Waals surface area (Å²) < 4.78 is 5.70. The Kier molecular flexibility index (Phi) is 4.78. The van der Waals surface area contributed by atoms with Gasteiger partial charge in [-0.1, -0.05) is 0 Å². The zero-order valence-electron chi connectivity index (χ0n) is 11.8. The monoisotopic (exact) mass is 251 g/mol. The number of nitrogens with one attached hydrogen (secondary N) is 1. The number of aromatic nitrogens is 2. The first-order valence-corrected chi connectivity index (χ1v) is 6.98. The third-order valence-corrected chi connectivity index (χ3v) is 3.50. The number of ether oxygens (including phenoxy) is 1. The average molecular weight is 251 g/mol. The molecule has 0 amide bonds. The lowest BCUT2D eigenvalue weighted by Crippen LogP contribution is -2.35. The van der Waals surface area contributed by atoms with Crippen molar-refractivity contribution < 1.29 is 4.74 Å². The molecule has 0 atom stereocenters. The van der Waals surface area contributed by atoms with Crippen LogP contribution in [0.3, 0.4) is 0 Å². The summed E-state index contributed by atoms with van der Waals surface area (Å²) in [5.74, 6) is 1.83. The van der Waals surface area contributed by atoms with Crippen LogP contribution >= 0.6 is 0 Å². The van der Waals surface area contributed by atoms with Crippen LogP contribution in [0.5, 0.6) is 0 Å². The SMILES string of the molecule is Cc1cnc(CN2CCC(COC(C)C)CC2)[nH]1. The van der Waals surface area contributed by atoms with Crippen molar-refractivity contribution in [1.29, 1.82) is 0 Å². The molecular weight excluding hydrogens is 226 g/mol. The number of rotatable bonds is 5. The second-order valence-corrected chi connectivity index (χ2v) is 5.61. The molecule has 1 aromatic rings. The highest BCUT2D eigenvalue weighted by Gasteiger charge is 2.20. The lowest BCUT2D eigenvalue weighted by molar-refractivity contribution is 0.0293. The van der Waals surface area contributed by atoms with Gasteiger partial charge in [0.25, 0.3) is 0 Å². The number of H-pyrrole nitrogens is 1. The van der Waals surface area contributed by atoms with Gasteiger partial charge in [0, 0.05) is 18.5 Å². The first kappa shape index (κ1) is 13.6. The van der Waals surface area contributed by atoms with Gasteiger partial charge in [0.15, 0.2) is 0 Å². The Labute approximate surface area is 110 Å². The van der Waals surface area contributed by atoms with E-state index >= 15 is 0 Å². The van der Waals surface area contributed by atoms with Crippen molar-refractivity contribution in [1.82, 2.24) is 14.9 Å². The van der Waals surface area contributed by atoms with Crippen LogP contribution in [0.15, 0.2) is 6.20 Å². The standard InChI is InChI=1S/C14H25N3O/c1-11(2)18-10-13-4-6-17(7-5-13)9-14-15-8-12(3)16-14/h8,11,13H,4-7,9-10H2,1-3H3,(H,15,16). The maximum absolute atomic E-state index is 5.70. The molecule has 4 nitrogen and oxygen atoms in total. The Hall–Kier alpha value is -0.870. The van der Waals surface area contributed by atoms with E-state index < -0.39 is 0 Å². The molecular formula is C14H25N3O. The molecule has 0 radical (unpaired) electrons. The van der Waals surface area contributed by atoms with Crippen molar-refractivity contribution in [2.45, 2.75) is 46.3 Å². The Morgan fingerprint density at radius 1 is 1.44 bits per heavy atom. The Morgan fingerprint density at radius 3 is 2.72 bits per heavy atom. The molecule has 1 saturated heterocycles. The maximum atomic E-state index is 5.70. The van der Waals surface area contributed by atoms with Gasteiger partial charge in [-0.15, -0.1) is 0 Å². The number of hydrogen-bond donors (Lipinski definition) is 1. The summed E-state index contributed by atoms with van der Waals surface area (Å²) in [6.07, 6.45) is 4.74. The molecule has 1 aromatic heterocycles. The lowest BCUT2D eigenvalue weighted by Gasteiger charge is -2.31. The highest BCUT2D eigenvalue weighted by molar-refractivity contribution is 4.98. The zero-order chi connectivity index (χ0) is 13.0. The van der Waals surface area contributed by atoms with Crippen LogP contribution in [0.4, 0.5) is 0 Å². The van der Waals surface area contributed by atoms with Crippen molar-refractivity contribution in [2.75, 3.05) is 19.7 Å². The minimum atomic E-state index is 0.356. The Balaban J connectivity index is 1.70. The summed E-state index contributed by atoms with van der Waals surface area (Å²) in [6.45, 7) is 10.4. The first-order chi connectivity index (χ1) is 8.63. The Bertz CT molecular complexity index is 354. The normalized spacial score (nSPS) is 18.7. The van der Waals surface area contributed by atoms with E-state index in [1.165, 1.54) is 12.8 Å². The number of likely N-dealkylation sites (tertiary alicyclic amines) is 1. The molecule has 0 spiro atoms. The van der Waals surface area contributed by atoms with E-state index in [0.717, 1.165) is 43.7 Å². The van der Waals surface area contributed by atoms with Gasteiger partial charge in [-0.2, -0.15) is 0 Å². The van der Waals surface area contributed by atoms with E-state index in [1.807, 2.05) is 13.1 Å². The Morgan fingerprint density at radius 2 is 2.17 bits per heavy atom. The summed E-state index contributed by atoms with van der Waals surface area (Å²) in [4.78, 5) is 10.1. The summed E-state index contributed by atoms with van der Waals surface area (Å²) in [6, 6.07) is 0. The number of aromatic amines is 1. The third kappa shape index (κ3) is 4.10. The largest absolute Gasteiger partial charge is 0.379 e. The van der Waals surface area contributed by atoms with Gasteiger partial charge in [-0.3, -0.25) is 4.90 Å². The molecule has 0 aliphatic carbocycles. The third-order valence-electron chi connectivity index (χ3n) is 3.50. The molecule has 1 N–H and O–H groups in total. The van der Waals surface area contributed by atoms with Crippen LogP contribution in [-0.2, 0) is 11.3 Å². The second-order valence-electron chi connectivity index (χ2n) is 5.61. The molecule has 2 rings (SSSR count). The van der Waals surface area contributed by atoms with E-state index in [9.17, 15) is 0 Å². The van der Waals surface area contributed by atoms with Gasteiger partial charge < -0.3 is 9.72 Å². The minimum Gasteiger partial charge on any atom is -0.379 e. The average Bonchev–Trinajstić information content (AvgIpc) is 2.74. The number of hydrogen-bond acceptors (Lipinski definition) is 3. The van der Waals surface area contributed by atoms with Gasteiger partial charge in [0.1, 0.15) is 5.82 Å². The summed E-state index contributed by atoms with van der Waals surface area (Å²) in [7, 11) is 0. The van der Waals surface area contributed by atoms with Crippen molar-refractivity contribution in [3.8, 4) is 0 Å². The molecule has 0 saturated carbocycles. The molecule has 18 heavy (non-hydrogen) atoms. The summed E-state index contributed by atoms with van der Waals surface area (Å²) in [5, 5.41) is 0. The summed E-state index contributed by atoms with van der Waals surface area (Å²) in [5.41, 5.74) is 1.14. The fourth-order valence-corrected chi connectivity index (χ4v) is 2.40.